The highest BCUT2D eigenvalue weighted by Gasteiger charge is 2.51. The van der Waals surface area contributed by atoms with Gasteiger partial charge in [-0.2, -0.15) is 0 Å². The van der Waals surface area contributed by atoms with Crippen molar-refractivity contribution in [2.24, 2.45) is 5.92 Å². The molecule has 8 unspecified atom stereocenters. The van der Waals surface area contributed by atoms with Gasteiger partial charge in [-0.15, -0.1) is 0 Å². The van der Waals surface area contributed by atoms with Gasteiger partial charge in [0, 0.05) is 12.8 Å². The Balaban J connectivity index is 1.41. The zero-order chi connectivity index (χ0) is 35.7. The first-order valence-corrected chi connectivity index (χ1v) is 17.7. The van der Waals surface area contributed by atoms with Crippen molar-refractivity contribution in [3.63, 3.8) is 0 Å². The molecule has 0 radical (unpaired) electrons. The summed E-state index contributed by atoms with van der Waals surface area (Å²) in [5.74, 6) is -2.25. The molecule has 0 aliphatic carbocycles. The lowest BCUT2D eigenvalue weighted by molar-refractivity contribution is -0.285. The smallest absolute Gasteiger partial charge is 0.233 e. The molecule has 13 heteroatoms. The first kappa shape index (κ1) is 35.6. The number of phenolic OH excluding ortho intramolecular Hbond substituents is 1. The second kappa shape index (κ2) is 14.6. The maximum atomic E-state index is 14.5. The van der Waals surface area contributed by atoms with Gasteiger partial charge in [0.15, 0.2) is 16.1 Å². The van der Waals surface area contributed by atoms with Crippen LogP contribution in [-0.4, -0.2) is 83.4 Å². The second-order valence-electron chi connectivity index (χ2n) is 12.6. The summed E-state index contributed by atoms with van der Waals surface area (Å²) in [4.78, 5) is 15.2. The van der Waals surface area contributed by atoms with E-state index in [2.05, 4.69) is 0 Å². The van der Waals surface area contributed by atoms with Gasteiger partial charge in [0.05, 0.1) is 28.7 Å². The van der Waals surface area contributed by atoms with Crippen molar-refractivity contribution in [2.75, 3.05) is 17.8 Å². The lowest BCUT2D eigenvalue weighted by Gasteiger charge is -2.48. The Morgan fingerprint density at radius 2 is 1.54 bits per heavy atom. The van der Waals surface area contributed by atoms with E-state index in [0.717, 1.165) is 0 Å². The largest absolute Gasteiger partial charge is 0.508 e. The number of methoxy groups -OCH3 is 1. The number of halogens is 1. The fourth-order valence-corrected chi connectivity index (χ4v) is 8.43. The van der Waals surface area contributed by atoms with Crippen LogP contribution in [0.1, 0.15) is 36.1 Å². The molecule has 4 aromatic rings. The van der Waals surface area contributed by atoms with Crippen molar-refractivity contribution < 1.29 is 52.6 Å². The minimum atomic E-state index is -4.39. The molecule has 5 N–H and O–H groups in total. The van der Waals surface area contributed by atoms with Gasteiger partial charge in [-0.1, -0.05) is 54.6 Å². The van der Waals surface area contributed by atoms with Crippen LogP contribution in [0.15, 0.2) is 102 Å². The molecule has 6 rings (SSSR count). The number of para-hydroxylation sites is 1. The minimum Gasteiger partial charge on any atom is -0.508 e. The summed E-state index contributed by atoms with van der Waals surface area (Å²) in [5, 5.41) is 52.2. The van der Waals surface area contributed by atoms with Gasteiger partial charge in [-0.25, -0.2) is 12.8 Å². The van der Waals surface area contributed by atoms with E-state index in [1.807, 2.05) is 0 Å². The summed E-state index contributed by atoms with van der Waals surface area (Å²) in [5.41, 5.74) is 2.38. The van der Waals surface area contributed by atoms with E-state index in [-0.39, 0.29) is 35.0 Å². The normalized spacial score (nSPS) is 26.0. The zero-order valence-electron chi connectivity index (χ0n) is 27.0. The Hall–Kier alpha value is -4.21. The molecule has 2 saturated heterocycles. The lowest BCUT2D eigenvalue weighted by Crippen LogP contribution is -2.59. The van der Waals surface area contributed by atoms with Crippen molar-refractivity contribution in [1.29, 1.82) is 0 Å². The summed E-state index contributed by atoms with van der Waals surface area (Å²) < 4.78 is 53.1. The van der Waals surface area contributed by atoms with E-state index < -0.39 is 70.2 Å². The number of ether oxygens (including phenoxy) is 2. The molecule has 2 fully saturated rings. The van der Waals surface area contributed by atoms with E-state index in [9.17, 15) is 43.1 Å². The molecule has 1 amide bonds. The van der Waals surface area contributed by atoms with Gasteiger partial charge >= 0.3 is 0 Å². The number of carbonyl (C=O) groups excluding carboxylic acids is 1. The quantitative estimate of drug-likeness (QED) is 0.145. The third kappa shape index (κ3) is 7.03. The van der Waals surface area contributed by atoms with Crippen LogP contribution in [0.3, 0.4) is 0 Å². The van der Waals surface area contributed by atoms with Crippen molar-refractivity contribution in [3.05, 3.63) is 114 Å². The maximum absolute atomic E-state index is 14.5. The summed E-state index contributed by atoms with van der Waals surface area (Å²) >= 11 is 0. The number of sulfone groups is 1. The number of aliphatic hydroxyl groups is 4. The predicted molar refractivity (Wildman–Crippen MR) is 180 cm³/mol. The van der Waals surface area contributed by atoms with Crippen LogP contribution >= 0.6 is 0 Å². The third-order valence-corrected chi connectivity index (χ3v) is 11.2. The molecular formula is C37H38FNO10S. The molecule has 4 aromatic carbocycles. The number of hydrogen-bond donors (Lipinski definition) is 5. The van der Waals surface area contributed by atoms with Crippen molar-refractivity contribution in [3.8, 4) is 16.9 Å². The fraction of sp³-hybridized carbons (Fsp3) is 0.324. The molecule has 2 aliphatic rings. The number of aliphatic hydroxyl groups excluding tert-OH is 4. The van der Waals surface area contributed by atoms with Crippen LogP contribution in [0.5, 0.6) is 5.75 Å². The number of hydrogen-bond acceptors (Lipinski definition) is 10. The topological polar surface area (TPSA) is 174 Å². The fourth-order valence-electron chi connectivity index (χ4n) is 6.69. The molecule has 0 bridgehead atoms. The SMILES string of the molecule is COC1OC(CS(=O)(=O)c2cc(-c3ccc(O)cc3)ccc2C2C(CCC(O)c3ccc(F)cc3)C(=O)N2c2ccccc2)C(O)C(O)C1O. The standard InChI is InChI=1S/C37H38FNO10S/c1-48-37-35(44)34(43)33(42)30(49-37)20-50(46,47)31-19-23(21-9-14-26(40)15-10-21)11-16-27(31)32-28(36(45)39(32)25-5-3-2-4-6-25)17-18-29(41)22-7-12-24(38)13-8-22/h2-16,19,28-30,32-35,37,40-44H,17-18,20H2,1H3. The lowest BCUT2D eigenvalue weighted by atomic mass is 9.78. The molecule has 264 valence electrons. The number of carbonyl (C=O) groups is 1. The van der Waals surface area contributed by atoms with E-state index in [1.54, 1.807) is 54.6 Å². The predicted octanol–water partition coefficient (Wildman–Crippen LogP) is 3.64. The first-order valence-electron chi connectivity index (χ1n) is 16.1. The Morgan fingerprint density at radius 3 is 2.20 bits per heavy atom. The van der Waals surface area contributed by atoms with Gasteiger partial charge in [-0.05, 0) is 77.6 Å². The molecule has 8 atom stereocenters. The molecular weight excluding hydrogens is 669 g/mol. The monoisotopic (exact) mass is 707 g/mol. The van der Waals surface area contributed by atoms with E-state index >= 15 is 0 Å². The van der Waals surface area contributed by atoms with Crippen molar-refractivity contribution in [2.45, 2.75) is 60.6 Å². The molecule has 0 spiro atoms. The number of aromatic hydroxyl groups is 1. The Bertz CT molecular complexity index is 1910. The average molecular weight is 708 g/mol. The van der Waals surface area contributed by atoms with Gasteiger partial charge in [0.1, 0.15) is 36.0 Å². The van der Waals surface area contributed by atoms with E-state index in [1.165, 1.54) is 54.5 Å². The molecule has 2 aliphatic heterocycles. The Labute approximate surface area is 288 Å². The average Bonchev–Trinajstić information content (AvgIpc) is 3.11. The summed E-state index contributed by atoms with van der Waals surface area (Å²) in [6, 6.07) is 24.4. The highest BCUT2D eigenvalue weighted by molar-refractivity contribution is 7.91. The molecule has 50 heavy (non-hydrogen) atoms. The Morgan fingerprint density at radius 1 is 0.880 bits per heavy atom. The van der Waals surface area contributed by atoms with Gasteiger partial charge in [0.25, 0.3) is 0 Å². The number of β-lactam (4-membered cyclic amide) rings is 1. The summed E-state index contributed by atoms with van der Waals surface area (Å²) in [7, 11) is -3.18. The highest BCUT2D eigenvalue weighted by Crippen LogP contribution is 2.48. The molecule has 2 heterocycles. The number of nitrogens with zero attached hydrogens (tertiary/aromatic N) is 1. The molecule has 0 aromatic heterocycles. The molecule has 0 saturated carbocycles. The molecule has 11 nitrogen and oxygen atoms in total. The van der Waals surface area contributed by atoms with Crippen molar-refractivity contribution >= 4 is 21.4 Å². The van der Waals surface area contributed by atoms with Crippen LogP contribution in [0, 0.1) is 11.7 Å². The Kier molecular flexibility index (Phi) is 10.4. The zero-order valence-corrected chi connectivity index (χ0v) is 27.8. The van der Waals surface area contributed by atoms with Gasteiger partial charge in [0.2, 0.25) is 5.91 Å². The maximum Gasteiger partial charge on any atom is 0.233 e. The number of benzene rings is 4. The number of phenols is 1. The van der Waals surface area contributed by atoms with Crippen LogP contribution in [0.2, 0.25) is 0 Å². The highest BCUT2D eigenvalue weighted by atomic mass is 32.2. The van der Waals surface area contributed by atoms with Gasteiger partial charge < -0.3 is 39.9 Å². The van der Waals surface area contributed by atoms with E-state index in [0.29, 0.717) is 22.4 Å². The second-order valence-corrected chi connectivity index (χ2v) is 14.6. The minimum absolute atomic E-state index is 0.0206. The third-order valence-electron chi connectivity index (χ3n) is 9.41. The number of amides is 1. The number of rotatable bonds is 11. The summed E-state index contributed by atoms with van der Waals surface area (Å²) in [6.45, 7) is 0. The van der Waals surface area contributed by atoms with E-state index in [4.69, 9.17) is 9.47 Å². The number of anilines is 1. The van der Waals surface area contributed by atoms with Crippen molar-refractivity contribution in [1.82, 2.24) is 0 Å². The van der Waals surface area contributed by atoms with Crippen LogP contribution in [-0.2, 0) is 24.1 Å². The summed E-state index contributed by atoms with van der Waals surface area (Å²) in [6.07, 6.45) is -8.70. The van der Waals surface area contributed by atoms with Crippen LogP contribution in [0.25, 0.3) is 11.1 Å². The first-order chi connectivity index (χ1) is 23.9. The van der Waals surface area contributed by atoms with Crippen LogP contribution in [0.4, 0.5) is 10.1 Å². The van der Waals surface area contributed by atoms with Crippen LogP contribution < -0.4 is 4.90 Å². The van der Waals surface area contributed by atoms with Gasteiger partial charge in [-0.3, -0.25) is 4.79 Å².